The molecule has 1 atom stereocenters. The predicted octanol–water partition coefficient (Wildman–Crippen LogP) is 5.13. The molecule has 0 heterocycles. The average molecular weight is 301 g/mol. The van der Waals surface area contributed by atoms with Crippen LogP contribution in [0.15, 0.2) is 18.2 Å². The van der Waals surface area contributed by atoms with E-state index < -0.39 is 11.9 Å². The average Bonchev–Trinajstić information content (AvgIpc) is 2.62. The molecule has 1 aromatic carbocycles. The Morgan fingerprint density at radius 1 is 1.11 bits per heavy atom. The molecule has 19 heavy (non-hydrogen) atoms. The number of hydrogen-bond acceptors (Lipinski definition) is 1. The number of benzene rings is 1. The molecule has 0 bridgehead atoms. The summed E-state index contributed by atoms with van der Waals surface area (Å²) in [7, 11) is 0. The molecule has 1 fully saturated rings. The quantitative estimate of drug-likeness (QED) is 0.786. The van der Waals surface area contributed by atoms with Crippen LogP contribution in [0.3, 0.4) is 0 Å². The molecule has 4 heteroatoms. The van der Waals surface area contributed by atoms with Crippen molar-refractivity contribution in [2.24, 2.45) is 5.92 Å². The van der Waals surface area contributed by atoms with Gasteiger partial charge in [-0.25, -0.2) is 0 Å². The van der Waals surface area contributed by atoms with Gasteiger partial charge in [0.1, 0.15) is 0 Å². The molecule has 0 amide bonds. The highest BCUT2D eigenvalue weighted by atomic mass is 35.5. The molecule has 0 radical (unpaired) electrons. The van der Waals surface area contributed by atoms with Crippen LogP contribution in [0, 0.1) is 5.92 Å². The second kappa shape index (κ2) is 6.62. The maximum Gasteiger partial charge on any atom is 0.311 e. The minimum absolute atomic E-state index is 0.206. The summed E-state index contributed by atoms with van der Waals surface area (Å²) in [4.78, 5) is 11.6. The summed E-state index contributed by atoms with van der Waals surface area (Å²) in [5, 5.41) is 10.5. The second-order valence-electron chi connectivity index (χ2n) is 5.24. The Morgan fingerprint density at radius 2 is 1.74 bits per heavy atom. The number of carbonyl (C=O) groups is 1. The van der Waals surface area contributed by atoms with Gasteiger partial charge in [-0.05, 0) is 36.5 Å². The zero-order valence-electron chi connectivity index (χ0n) is 10.7. The Bertz CT molecular complexity index is 451. The van der Waals surface area contributed by atoms with E-state index in [4.69, 9.17) is 23.2 Å². The van der Waals surface area contributed by atoms with E-state index in [9.17, 15) is 9.90 Å². The van der Waals surface area contributed by atoms with Crippen molar-refractivity contribution in [2.45, 2.75) is 44.4 Å². The van der Waals surface area contributed by atoms with Crippen molar-refractivity contribution in [2.75, 3.05) is 0 Å². The predicted molar refractivity (Wildman–Crippen MR) is 78.0 cm³/mol. The highest BCUT2D eigenvalue weighted by Gasteiger charge is 2.30. The van der Waals surface area contributed by atoms with Crippen molar-refractivity contribution in [1.82, 2.24) is 0 Å². The molecule has 1 unspecified atom stereocenters. The third-order valence-corrected chi connectivity index (χ3v) is 4.68. The third kappa shape index (κ3) is 3.64. The van der Waals surface area contributed by atoms with Gasteiger partial charge in [0.15, 0.2) is 0 Å². The fraction of sp³-hybridized carbons (Fsp3) is 0.533. The van der Waals surface area contributed by atoms with Crippen LogP contribution < -0.4 is 0 Å². The van der Waals surface area contributed by atoms with E-state index >= 15 is 0 Å². The minimum Gasteiger partial charge on any atom is -0.481 e. The topological polar surface area (TPSA) is 37.3 Å². The van der Waals surface area contributed by atoms with E-state index in [0.29, 0.717) is 10.0 Å². The largest absolute Gasteiger partial charge is 0.481 e. The van der Waals surface area contributed by atoms with Gasteiger partial charge < -0.3 is 5.11 Å². The zero-order chi connectivity index (χ0) is 13.8. The monoisotopic (exact) mass is 300 g/mol. The van der Waals surface area contributed by atoms with Crippen LogP contribution in [0.25, 0.3) is 0 Å². The number of carboxylic acid groups (broad SMARTS) is 1. The summed E-state index contributed by atoms with van der Waals surface area (Å²) in [6, 6.07) is 5.18. The van der Waals surface area contributed by atoms with E-state index in [2.05, 4.69) is 0 Å². The van der Waals surface area contributed by atoms with Crippen LogP contribution in [0.2, 0.25) is 10.0 Å². The standard InChI is InChI=1S/C15H18Cl2O2/c16-12-8-7-11(9-13(12)17)14(15(18)19)10-5-3-1-2-4-6-10/h7-10,14H,1-6H2,(H,18,19). The van der Waals surface area contributed by atoms with Crippen LogP contribution in [0.5, 0.6) is 0 Å². The van der Waals surface area contributed by atoms with Crippen molar-refractivity contribution >= 4 is 29.2 Å². The molecule has 104 valence electrons. The van der Waals surface area contributed by atoms with E-state index in [1.54, 1.807) is 18.2 Å². The smallest absolute Gasteiger partial charge is 0.311 e. The summed E-state index contributed by atoms with van der Waals surface area (Å²) < 4.78 is 0. The lowest BCUT2D eigenvalue weighted by Gasteiger charge is -2.23. The van der Waals surface area contributed by atoms with Crippen molar-refractivity contribution in [1.29, 1.82) is 0 Å². The van der Waals surface area contributed by atoms with E-state index in [-0.39, 0.29) is 5.92 Å². The van der Waals surface area contributed by atoms with Crippen molar-refractivity contribution in [3.8, 4) is 0 Å². The first-order valence-corrected chi connectivity index (χ1v) is 7.53. The van der Waals surface area contributed by atoms with Crippen molar-refractivity contribution in [3.63, 3.8) is 0 Å². The van der Waals surface area contributed by atoms with Crippen LogP contribution in [-0.2, 0) is 4.79 Å². The molecule has 1 aliphatic rings. The number of hydrogen-bond donors (Lipinski definition) is 1. The van der Waals surface area contributed by atoms with E-state index in [1.165, 1.54) is 12.8 Å². The summed E-state index contributed by atoms with van der Waals surface area (Å²) in [5.74, 6) is -1.02. The molecule has 1 aromatic rings. The van der Waals surface area contributed by atoms with Gasteiger partial charge in [0, 0.05) is 0 Å². The molecular formula is C15H18Cl2O2. The van der Waals surface area contributed by atoms with Crippen LogP contribution >= 0.6 is 23.2 Å². The normalized spacial score (nSPS) is 18.8. The van der Waals surface area contributed by atoms with Gasteiger partial charge in [0.05, 0.1) is 16.0 Å². The molecule has 1 saturated carbocycles. The Morgan fingerprint density at radius 3 is 2.26 bits per heavy atom. The molecule has 0 saturated heterocycles. The van der Waals surface area contributed by atoms with E-state index in [0.717, 1.165) is 31.2 Å². The lowest BCUT2D eigenvalue weighted by Crippen LogP contribution is -2.21. The zero-order valence-corrected chi connectivity index (χ0v) is 12.3. The third-order valence-electron chi connectivity index (χ3n) is 3.94. The highest BCUT2D eigenvalue weighted by Crippen LogP contribution is 2.37. The van der Waals surface area contributed by atoms with Crippen LogP contribution in [0.4, 0.5) is 0 Å². The van der Waals surface area contributed by atoms with Gasteiger partial charge in [-0.1, -0.05) is 55.0 Å². The lowest BCUT2D eigenvalue weighted by molar-refractivity contribution is -0.140. The van der Waals surface area contributed by atoms with Crippen LogP contribution in [-0.4, -0.2) is 11.1 Å². The maximum atomic E-state index is 11.6. The molecule has 1 aliphatic carbocycles. The van der Waals surface area contributed by atoms with Gasteiger partial charge in [-0.3, -0.25) is 4.79 Å². The summed E-state index contributed by atoms with van der Waals surface area (Å²) in [5.41, 5.74) is 0.772. The fourth-order valence-corrected chi connectivity index (χ4v) is 3.27. The first-order valence-electron chi connectivity index (χ1n) is 6.77. The Balaban J connectivity index is 2.27. The minimum atomic E-state index is -0.759. The molecule has 1 N–H and O–H groups in total. The summed E-state index contributed by atoms with van der Waals surface area (Å²) in [6.07, 6.45) is 6.63. The van der Waals surface area contributed by atoms with E-state index in [1.807, 2.05) is 0 Å². The lowest BCUT2D eigenvalue weighted by atomic mass is 9.81. The van der Waals surface area contributed by atoms with Gasteiger partial charge in [0.25, 0.3) is 0 Å². The maximum absolute atomic E-state index is 11.6. The van der Waals surface area contributed by atoms with Crippen molar-refractivity contribution in [3.05, 3.63) is 33.8 Å². The summed E-state index contributed by atoms with van der Waals surface area (Å²) in [6.45, 7) is 0. The fourth-order valence-electron chi connectivity index (χ4n) is 2.97. The van der Waals surface area contributed by atoms with Gasteiger partial charge in [-0.15, -0.1) is 0 Å². The molecule has 2 rings (SSSR count). The first-order chi connectivity index (χ1) is 9.09. The second-order valence-corrected chi connectivity index (χ2v) is 6.06. The Hall–Kier alpha value is -0.730. The number of carboxylic acids is 1. The number of rotatable bonds is 3. The number of aliphatic carboxylic acids is 1. The van der Waals surface area contributed by atoms with Gasteiger partial charge in [-0.2, -0.15) is 0 Å². The van der Waals surface area contributed by atoms with Gasteiger partial charge in [0.2, 0.25) is 0 Å². The Labute approximate surface area is 123 Å². The highest BCUT2D eigenvalue weighted by molar-refractivity contribution is 6.42. The molecular weight excluding hydrogens is 283 g/mol. The molecule has 0 spiro atoms. The SMILES string of the molecule is O=C(O)C(c1ccc(Cl)c(Cl)c1)C1CCCCCC1. The van der Waals surface area contributed by atoms with Crippen LogP contribution in [0.1, 0.15) is 50.0 Å². The Kier molecular flexibility index (Phi) is 5.12. The number of halogens is 2. The molecule has 2 nitrogen and oxygen atoms in total. The van der Waals surface area contributed by atoms with Crippen molar-refractivity contribution < 1.29 is 9.90 Å². The molecule has 0 aliphatic heterocycles. The first kappa shape index (κ1) is 14.7. The summed E-state index contributed by atoms with van der Waals surface area (Å²) >= 11 is 11.9. The van der Waals surface area contributed by atoms with Gasteiger partial charge >= 0.3 is 5.97 Å². The molecule has 0 aromatic heterocycles.